The third-order valence-electron chi connectivity index (χ3n) is 3.37. The van der Waals surface area contributed by atoms with Crippen molar-refractivity contribution in [1.82, 2.24) is 9.97 Å². The molecule has 0 fully saturated rings. The van der Waals surface area contributed by atoms with Gasteiger partial charge in [0, 0.05) is 6.54 Å². The maximum atomic E-state index is 5.98. The fourth-order valence-corrected chi connectivity index (χ4v) is 2.11. The summed E-state index contributed by atoms with van der Waals surface area (Å²) in [6, 6.07) is 0. The Morgan fingerprint density at radius 1 is 1.43 bits per heavy atom. The van der Waals surface area contributed by atoms with Gasteiger partial charge in [-0.25, -0.2) is 4.98 Å². The molecule has 114 valence electrons. The van der Waals surface area contributed by atoms with E-state index in [1.54, 1.807) is 0 Å². The molecule has 0 radical (unpaired) electrons. The first-order valence-corrected chi connectivity index (χ1v) is 7.54. The quantitative estimate of drug-likeness (QED) is 0.784. The Balaban J connectivity index is 2.18. The van der Waals surface area contributed by atoms with Gasteiger partial charge in [-0.3, -0.25) is 0 Å². The van der Waals surface area contributed by atoms with Gasteiger partial charge in [0.15, 0.2) is 11.6 Å². The molecule has 1 aliphatic rings. The van der Waals surface area contributed by atoms with E-state index in [-0.39, 0.29) is 5.95 Å². The normalized spacial score (nSPS) is 17.5. The smallest absolute Gasteiger partial charge is 0.222 e. The molecule has 1 atom stereocenters. The number of aromatic nitrogens is 2. The van der Waals surface area contributed by atoms with E-state index in [9.17, 15) is 0 Å². The predicted octanol–water partition coefficient (Wildman–Crippen LogP) is 3.44. The topological polar surface area (TPSA) is 73.1 Å². The van der Waals surface area contributed by atoms with Crippen LogP contribution in [0.4, 0.5) is 11.8 Å². The minimum absolute atomic E-state index is 0.264. The largest absolute Gasteiger partial charge is 0.452 e. The Labute approximate surface area is 126 Å². The van der Waals surface area contributed by atoms with E-state index in [0.717, 1.165) is 37.3 Å². The third kappa shape index (κ3) is 4.21. The molecule has 1 aliphatic carbocycles. The summed E-state index contributed by atoms with van der Waals surface area (Å²) in [4.78, 5) is 8.46. The van der Waals surface area contributed by atoms with Crippen LogP contribution in [0.25, 0.3) is 0 Å². The van der Waals surface area contributed by atoms with E-state index in [4.69, 9.17) is 10.5 Å². The van der Waals surface area contributed by atoms with Crippen molar-refractivity contribution in [3.8, 4) is 5.75 Å². The number of nitrogens with zero attached hydrogens (tertiary/aromatic N) is 2. The van der Waals surface area contributed by atoms with Crippen molar-refractivity contribution < 1.29 is 4.74 Å². The Morgan fingerprint density at radius 2 is 2.24 bits per heavy atom. The highest BCUT2D eigenvalue weighted by Crippen LogP contribution is 2.29. The van der Waals surface area contributed by atoms with Crippen LogP contribution in [0.15, 0.2) is 24.0 Å². The van der Waals surface area contributed by atoms with Crippen LogP contribution in [0.2, 0.25) is 0 Å². The van der Waals surface area contributed by atoms with Crippen LogP contribution in [-0.4, -0.2) is 16.5 Å². The lowest BCUT2D eigenvalue weighted by molar-refractivity contribution is 0.429. The minimum Gasteiger partial charge on any atom is -0.452 e. The van der Waals surface area contributed by atoms with Gasteiger partial charge in [0.25, 0.3) is 0 Å². The van der Waals surface area contributed by atoms with E-state index in [0.29, 0.717) is 17.5 Å². The fourth-order valence-electron chi connectivity index (χ4n) is 2.11. The zero-order valence-electron chi connectivity index (χ0n) is 13.0. The van der Waals surface area contributed by atoms with E-state index in [1.165, 1.54) is 0 Å². The lowest BCUT2D eigenvalue weighted by atomic mass is 10.0. The first kappa shape index (κ1) is 15.4. The second kappa shape index (κ2) is 7.11. The number of nitrogens with one attached hydrogen (secondary N) is 1. The molecular weight excluding hydrogens is 264 g/mol. The van der Waals surface area contributed by atoms with Crippen LogP contribution < -0.4 is 15.8 Å². The fraction of sp³-hybridized carbons (Fsp3) is 0.500. The third-order valence-corrected chi connectivity index (χ3v) is 3.37. The molecule has 5 nitrogen and oxygen atoms in total. The zero-order valence-corrected chi connectivity index (χ0v) is 13.0. The highest BCUT2D eigenvalue weighted by molar-refractivity contribution is 5.56. The van der Waals surface area contributed by atoms with E-state index >= 15 is 0 Å². The number of hydrogen-bond acceptors (Lipinski definition) is 5. The van der Waals surface area contributed by atoms with Crippen molar-refractivity contribution >= 4 is 11.8 Å². The van der Waals surface area contributed by atoms with Crippen molar-refractivity contribution in [3.05, 3.63) is 29.7 Å². The molecule has 3 N–H and O–H groups in total. The summed E-state index contributed by atoms with van der Waals surface area (Å²) in [7, 11) is 0. The van der Waals surface area contributed by atoms with Gasteiger partial charge in [-0.1, -0.05) is 26.3 Å². The van der Waals surface area contributed by atoms with Crippen molar-refractivity contribution in [2.24, 2.45) is 5.92 Å². The maximum Gasteiger partial charge on any atom is 0.222 e. The summed E-state index contributed by atoms with van der Waals surface area (Å²) in [6.07, 6.45) is 9.42. The van der Waals surface area contributed by atoms with E-state index in [2.05, 4.69) is 41.3 Å². The summed E-state index contributed by atoms with van der Waals surface area (Å²) < 4.78 is 5.98. The number of ether oxygens (including phenoxy) is 1. The van der Waals surface area contributed by atoms with Gasteiger partial charge >= 0.3 is 0 Å². The highest BCUT2D eigenvalue weighted by atomic mass is 16.5. The van der Waals surface area contributed by atoms with Gasteiger partial charge < -0.3 is 15.8 Å². The van der Waals surface area contributed by atoms with Crippen molar-refractivity contribution in [3.63, 3.8) is 0 Å². The summed E-state index contributed by atoms with van der Waals surface area (Å²) in [5, 5.41) is 3.29. The molecule has 2 rings (SSSR count). The van der Waals surface area contributed by atoms with Gasteiger partial charge in [0.2, 0.25) is 5.95 Å². The number of nitrogens with two attached hydrogens (primary N) is 1. The molecule has 5 heteroatoms. The number of aryl methyl sites for hydroxylation is 1. The number of hydrogen-bond donors (Lipinski definition) is 2. The van der Waals surface area contributed by atoms with Gasteiger partial charge in [0.1, 0.15) is 5.76 Å². The summed E-state index contributed by atoms with van der Waals surface area (Å²) in [5.41, 5.74) is 6.48. The van der Waals surface area contributed by atoms with Crippen molar-refractivity contribution in [1.29, 1.82) is 0 Å². The molecule has 21 heavy (non-hydrogen) atoms. The molecule has 1 aromatic heterocycles. The molecule has 0 saturated heterocycles. The number of unbranched alkanes of at least 4 members (excludes halogenated alkanes) is 1. The first-order chi connectivity index (χ1) is 10.1. The Morgan fingerprint density at radius 3 is 2.90 bits per heavy atom. The second-order valence-electron chi connectivity index (χ2n) is 5.41. The maximum absolute atomic E-state index is 5.98. The second-order valence-corrected chi connectivity index (χ2v) is 5.41. The Kier molecular flexibility index (Phi) is 5.20. The number of rotatable bonds is 6. The number of nitrogen functional groups attached to an aromatic ring is 1. The number of anilines is 2. The first-order valence-electron chi connectivity index (χ1n) is 7.54. The molecule has 0 spiro atoms. The van der Waals surface area contributed by atoms with Crippen molar-refractivity contribution in [2.75, 3.05) is 17.6 Å². The standard InChI is InChI=1S/C16H24N4O/c1-4-5-10-18-15-14(12(3)19-16(17)20-15)21-13-8-6-11(2)7-9-13/h6,8-9,11H,4-5,7,10H2,1-3H3,(H3,17,18,19,20). The van der Waals surface area contributed by atoms with Gasteiger partial charge in [0.05, 0.1) is 5.69 Å². The van der Waals surface area contributed by atoms with Crippen LogP contribution in [0.3, 0.4) is 0 Å². The Hall–Kier alpha value is -2.04. The summed E-state index contributed by atoms with van der Waals surface area (Å²) in [6.45, 7) is 7.05. The molecular formula is C16H24N4O. The van der Waals surface area contributed by atoms with E-state index < -0.39 is 0 Å². The van der Waals surface area contributed by atoms with Crippen LogP contribution in [-0.2, 0) is 0 Å². The van der Waals surface area contributed by atoms with Gasteiger partial charge in [-0.15, -0.1) is 0 Å². The molecule has 0 aliphatic heterocycles. The summed E-state index contributed by atoms with van der Waals surface area (Å²) in [5.74, 6) is 2.99. The predicted molar refractivity (Wildman–Crippen MR) is 86.2 cm³/mol. The number of allylic oxidation sites excluding steroid dienone is 3. The lowest BCUT2D eigenvalue weighted by Crippen LogP contribution is -2.10. The molecule has 1 unspecified atom stereocenters. The Bertz CT molecular complexity index is 551. The molecule has 0 amide bonds. The summed E-state index contributed by atoms with van der Waals surface area (Å²) >= 11 is 0. The molecule has 0 bridgehead atoms. The molecule has 0 aromatic carbocycles. The van der Waals surface area contributed by atoms with Crippen LogP contribution in [0.1, 0.15) is 38.8 Å². The molecule has 1 aromatic rings. The van der Waals surface area contributed by atoms with Gasteiger partial charge in [-0.05, 0) is 37.8 Å². The molecule has 0 saturated carbocycles. The van der Waals surface area contributed by atoms with Gasteiger partial charge in [-0.2, -0.15) is 4.98 Å². The van der Waals surface area contributed by atoms with Crippen LogP contribution in [0.5, 0.6) is 5.75 Å². The lowest BCUT2D eigenvalue weighted by Gasteiger charge is -2.17. The van der Waals surface area contributed by atoms with E-state index in [1.807, 2.05) is 13.0 Å². The monoisotopic (exact) mass is 288 g/mol. The zero-order chi connectivity index (χ0) is 15.2. The minimum atomic E-state index is 0.264. The molecule has 1 heterocycles. The van der Waals surface area contributed by atoms with Crippen LogP contribution >= 0.6 is 0 Å². The average molecular weight is 288 g/mol. The average Bonchev–Trinajstić information content (AvgIpc) is 2.45. The SMILES string of the molecule is CCCCNc1nc(N)nc(C)c1OC1=CCC(C)C=C1. The van der Waals surface area contributed by atoms with Crippen LogP contribution in [0, 0.1) is 12.8 Å². The highest BCUT2D eigenvalue weighted by Gasteiger charge is 2.14. The van der Waals surface area contributed by atoms with Crippen molar-refractivity contribution in [2.45, 2.75) is 40.0 Å².